The average molecular weight is 498 g/mol. The molecular formula is C26H21Cl2NO3S. The maximum absolute atomic E-state index is 12.0. The van der Waals surface area contributed by atoms with Crippen LogP contribution in [0.1, 0.15) is 45.3 Å². The van der Waals surface area contributed by atoms with Crippen molar-refractivity contribution in [2.75, 3.05) is 7.11 Å². The van der Waals surface area contributed by atoms with Crippen LogP contribution in [0.3, 0.4) is 0 Å². The highest BCUT2D eigenvalue weighted by molar-refractivity contribution is 7.23. The van der Waals surface area contributed by atoms with Crippen molar-refractivity contribution >= 4 is 62.9 Å². The zero-order valence-electron chi connectivity index (χ0n) is 17.8. The summed E-state index contributed by atoms with van der Waals surface area (Å²) >= 11 is 13.8. The van der Waals surface area contributed by atoms with Crippen LogP contribution in [0, 0.1) is 0 Å². The number of benzene rings is 2. The van der Waals surface area contributed by atoms with Crippen LogP contribution in [0.15, 0.2) is 60.7 Å². The minimum atomic E-state index is -0.766. The molecule has 0 fully saturated rings. The molecule has 1 N–H and O–H groups in total. The second-order valence-corrected chi connectivity index (χ2v) is 9.52. The third-order valence-electron chi connectivity index (χ3n) is 5.29. The number of nitrogens with zero attached hydrogens (tertiary/aromatic N) is 1. The van der Waals surface area contributed by atoms with Gasteiger partial charge in [0, 0.05) is 0 Å². The fourth-order valence-electron chi connectivity index (χ4n) is 3.60. The summed E-state index contributed by atoms with van der Waals surface area (Å²) in [5.41, 5.74) is 4.58. The van der Waals surface area contributed by atoms with E-state index in [1.54, 1.807) is 24.3 Å². The SMILES string of the molecule is COC(=O)c1ccccc1[C@@H](O)CCc1cccc(C=Cc2ccc3sc(Cl)c(Cl)c3n2)c1. The number of carbonyl (C=O) groups is 1. The number of pyridine rings is 1. The molecule has 0 aliphatic rings. The molecule has 0 aliphatic carbocycles. The van der Waals surface area contributed by atoms with Gasteiger partial charge in [0.1, 0.15) is 9.85 Å². The number of thiophene rings is 1. The highest BCUT2D eigenvalue weighted by Crippen LogP contribution is 2.37. The second kappa shape index (κ2) is 10.5. The summed E-state index contributed by atoms with van der Waals surface area (Å²) < 4.78 is 6.33. The van der Waals surface area contributed by atoms with Gasteiger partial charge < -0.3 is 9.84 Å². The molecule has 7 heteroatoms. The predicted molar refractivity (Wildman–Crippen MR) is 136 cm³/mol. The largest absolute Gasteiger partial charge is 0.465 e. The van der Waals surface area contributed by atoms with Gasteiger partial charge in [0.05, 0.1) is 34.2 Å². The number of hydrogen-bond donors (Lipinski definition) is 1. The first-order chi connectivity index (χ1) is 16.0. The van der Waals surface area contributed by atoms with Crippen molar-refractivity contribution in [2.45, 2.75) is 18.9 Å². The number of aliphatic hydroxyl groups is 1. The number of aromatic nitrogens is 1. The molecule has 168 valence electrons. The van der Waals surface area contributed by atoms with E-state index in [9.17, 15) is 9.90 Å². The molecule has 4 aromatic rings. The lowest BCUT2D eigenvalue weighted by Gasteiger charge is -2.14. The van der Waals surface area contributed by atoms with Crippen LogP contribution >= 0.6 is 34.5 Å². The van der Waals surface area contributed by atoms with E-state index in [0.717, 1.165) is 21.5 Å². The predicted octanol–water partition coefficient (Wildman–Crippen LogP) is 7.23. The Balaban J connectivity index is 1.45. The van der Waals surface area contributed by atoms with E-state index in [1.165, 1.54) is 18.4 Å². The highest BCUT2D eigenvalue weighted by Gasteiger charge is 2.17. The summed E-state index contributed by atoms with van der Waals surface area (Å²) in [6, 6.07) is 19.0. The van der Waals surface area contributed by atoms with Gasteiger partial charge in [-0.1, -0.05) is 71.7 Å². The first-order valence-electron chi connectivity index (χ1n) is 10.3. The van der Waals surface area contributed by atoms with Gasteiger partial charge in [-0.15, -0.1) is 11.3 Å². The Labute approximate surface area is 206 Å². The minimum Gasteiger partial charge on any atom is -0.465 e. The molecule has 4 rings (SSSR count). The topological polar surface area (TPSA) is 59.4 Å². The molecule has 0 aliphatic heterocycles. The number of hydrogen-bond acceptors (Lipinski definition) is 5. The number of carbonyl (C=O) groups excluding carboxylic acids is 1. The molecule has 1 atom stereocenters. The maximum atomic E-state index is 12.0. The van der Waals surface area contributed by atoms with Gasteiger partial charge in [-0.3, -0.25) is 0 Å². The summed E-state index contributed by atoms with van der Waals surface area (Å²) in [6.45, 7) is 0. The third kappa shape index (κ3) is 5.45. The summed E-state index contributed by atoms with van der Waals surface area (Å²) in [4.78, 5) is 16.6. The Bertz CT molecular complexity index is 1330. The van der Waals surface area contributed by atoms with Gasteiger partial charge in [0.15, 0.2) is 0 Å². The molecule has 0 spiro atoms. The van der Waals surface area contributed by atoms with Crippen LogP contribution < -0.4 is 0 Å². The molecule has 2 heterocycles. The zero-order chi connectivity index (χ0) is 23.4. The van der Waals surface area contributed by atoms with Gasteiger partial charge in [0.25, 0.3) is 0 Å². The molecule has 0 bridgehead atoms. The number of fused-ring (bicyclic) bond motifs is 1. The molecular weight excluding hydrogens is 477 g/mol. The molecule has 33 heavy (non-hydrogen) atoms. The smallest absolute Gasteiger partial charge is 0.338 e. The van der Waals surface area contributed by atoms with Crippen LogP contribution in [-0.4, -0.2) is 23.2 Å². The van der Waals surface area contributed by atoms with Crippen molar-refractivity contribution in [3.05, 3.63) is 98.0 Å². The van der Waals surface area contributed by atoms with E-state index in [0.29, 0.717) is 38.8 Å². The number of esters is 1. The molecule has 0 saturated carbocycles. The lowest BCUT2D eigenvalue weighted by atomic mass is 9.96. The zero-order valence-corrected chi connectivity index (χ0v) is 20.1. The van der Waals surface area contributed by atoms with E-state index < -0.39 is 12.1 Å². The van der Waals surface area contributed by atoms with Crippen LogP contribution in [0.2, 0.25) is 9.36 Å². The number of rotatable bonds is 7. The van der Waals surface area contributed by atoms with E-state index in [2.05, 4.69) is 11.1 Å². The van der Waals surface area contributed by atoms with Gasteiger partial charge >= 0.3 is 5.97 Å². The number of aliphatic hydroxyl groups excluding tert-OH is 1. The van der Waals surface area contributed by atoms with Crippen molar-refractivity contribution < 1.29 is 14.6 Å². The van der Waals surface area contributed by atoms with Crippen LogP contribution in [0.4, 0.5) is 0 Å². The van der Waals surface area contributed by atoms with Crippen LogP contribution in [-0.2, 0) is 11.2 Å². The van der Waals surface area contributed by atoms with Crippen molar-refractivity contribution in [3.63, 3.8) is 0 Å². The number of methoxy groups -OCH3 is 1. The summed E-state index contributed by atoms with van der Waals surface area (Å²) in [5.74, 6) is -0.449. The first-order valence-corrected chi connectivity index (χ1v) is 11.9. The molecule has 4 nitrogen and oxygen atoms in total. The Kier molecular flexibility index (Phi) is 7.46. The fraction of sp³-hybridized carbons (Fsp3) is 0.154. The Morgan fingerprint density at radius 1 is 1.12 bits per heavy atom. The van der Waals surface area contributed by atoms with Gasteiger partial charge in [0.2, 0.25) is 0 Å². The standard InChI is InChI=1S/C26H21Cl2NO3S/c1-32-26(31)20-8-3-2-7-19(20)21(30)13-10-17-6-4-5-16(15-17)9-11-18-12-14-22-24(29-18)23(27)25(28)33-22/h2-9,11-12,14-15,21,30H,10,13H2,1H3/t21-/m0/s1. The quantitative estimate of drug-likeness (QED) is 0.273. The van der Waals surface area contributed by atoms with Gasteiger partial charge in [-0.25, -0.2) is 9.78 Å². The third-order valence-corrected chi connectivity index (χ3v) is 7.22. The van der Waals surface area contributed by atoms with Gasteiger partial charge in [-0.2, -0.15) is 0 Å². The Morgan fingerprint density at radius 2 is 1.94 bits per heavy atom. The molecule has 0 radical (unpaired) electrons. The van der Waals surface area contributed by atoms with E-state index in [-0.39, 0.29) is 0 Å². The molecule has 0 amide bonds. The lowest BCUT2D eigenvalue weighted by molar-refractivity contribution is 0.0592. The fourth-order valence-corrected chi connectivity index (χ4v) is 5.02. The number of aryl methyl sites for hydroxylation is 1. The Morgan fingerprint density at radius 3 is 2.76 bits per heavy atom. The van der Waals surface area contributed by atoms with Crippen LogP contribution in [0.5, 0.6) is 0 Å². The summed E-state index contributed by atoms with van der Waals surface area (Å²) in [5, 5.41) is 11.2. The summed E-state index contributed by atoms with van der Waals surface area (Å²) in [7, 11) is 1.34. The molecule has 2 aromatic carbocycles. The van der Waals surface area contributed by atoms with Crippen molar-refractivity contribution in [1.82, 2.24) is 4.98 Å². The number of halogens is 2. The lowest BCUT2D eigenvalue weighted by Crippen LogP contribution is -2.09. The minimum absolute atomic E-state index is 0.390. The van der Waals surface area contributed by atoms with Crippen molar-refractivity contribution in [3.8, 4) is 0 Å². The van der Waals surface area contributed by atoms with Crippen molar-refractivity contribution in [1.29, 1.82) is 0 Å². The van der Waals surface area contributed by atoms with E-state index in [4.69, 9.17) is 27.9 Å². The molecule has 0 saturated heterocycles. The average Bonchev–Trinajstić information content (AvgIpc) is 3.13. The van der Waals surface area contributed by atoms with E-state index in [1.807, 2.05) is 42.5 Å². The molecule has 2 aromatic heterocycles. The van der Waals surface area contributed by atoms with E-state index >= 15 is 0 Å². The highest BCUT2D eigenvalue weighted by atomic mass is 35.5. The van der Waals surface area contributed by atoms with Crippen LogP contribution in [0.25, 0.3) is 22.4 Å². The normalized spacial score (nSPS) is 12.4. The molecule has 0 unspecified atom stereocenters. The monoisotopic (exact) mass is 497 g/mol. The number of ether oxygens (including phenoxy) is 1. The second-order valence-electron chi connectivity index (χ2n) is 7.48. The Hall–Kier alpha value is -2.70. The summed E-state index contributed by atoms with van der Waals surface area (Å²) in [6.07, 6.45) is 4.30. The van der Waals surface area contributed by atoms with Crippen molar-refractivity contribution in [2.24, 2.45) is 0 Å². The first kappa shape index (κ1) is 23.5. The maximum Gasteiger partial charge on any atom is 0.338 e. The van der Waals surface area contributed by atoms with Gasteiger partial charge in [-0.05, 0) is 53.8 Å².